The zero-order valence-electron chi connectivity index (χ0n) is 14.7. The first kappa shape index (κ1) is 18.2. The lowest BCUT2D eigenvalue weighted by Crippen LogP contribution is -2.21. The summed E-state index contributed by atoms with van der Waals surface area (Å²) < 4.78 is 11.6. The van der Waals surface area contributed by atoms with E-state index >= 15 is 0 Å². The highest BCUT2D eigenvalue weighted by molar-refractivity contribution is 9.10. The molecule has 0 aliphatic carbocycles. The predicted octanol–water partition coefficient (Wildman–Crippen LogP) is 4.92. The number of benzene rings is 2. The van der Waals surface area contributed by atoms with E-state index in [0.29, 0.717) is 16.8 Å². The van der Waals surface area contributed by atoms with Crippen LogP contribution < -0.4 is 5.32 Å². The van der Waals surface area contributed by atoms with Crippen molar-refractivity contribution >= 4 is 44.5 Å². The first-order valence-electron chi connectivity index (χ1n) is 8.08. The second-order valence-corrected chi connectivity index (χ2v) is 6.98. The molecule has 6 heteroatoms. The van der Waals surface area contributed by atoms with Gasteiger partial charge in [-0.3, -0.25) is 4.79 Å². The molecule has 0 aliphatic heterocycles. The third-order valence-corrected chi connectivity index (χ3v) is 4.79. The number of rotatable bonds is 4. The largest absolute Gasteiger partial charge is 0.450 e. The average molecular weight is 416 g/mol. The normalized spacial score (nSPS) is 10.8. The lowest BCUT2D eigenvalue weighted by atomic mass is 10.1. The summed E-state index contributed by atoms with van der Waals surface area (Å²) in [6, 6.07) is 11.1. The van der Waals surface area contributed by atoms with Gasteiger partial charge in [0.05, 0.1) is 0 Å². The van der Waals surface area contributed by atoms with Gasteiger partial charge in [0.2, 0.25) is 5.76 Å². The van der Waals surface area contributed by atoms with Crippen LogP contribution in [0.4, 0.5) is 5.69 Å². The van der Waals surface area contributed by atoms with Crippen molar-refractivity contribution in [3.63, 3.8) is 0 Å². The number of hydrogen-bond donors (Lipinski definition) is 1. The van der Waals surface area contributed by atoms with Gasteiger partial charge in [-0.1, -0.05) is 28.1 Å². The van der Waals surface area contributed by atoms with E-state index in [1.807, 2.05) is 44.2 Å². The number of carbonyl (C=O) groups is 2. The van der Waals surface area contributed by atoms with Gasteiger partial charge in [-0.05, 0) is 56.2 Å². The summed E-state index contributed by atoms with van der Waals surface area (Å²) in [5.74, 6) is -0.952. The molecule has 5 nitrogen and oxygen atoms in total. The highest BCUT2D eigenvalue weighted by Gasteiger charge is 2.20. The van der Waals surface area contributed by atoms with Crippen LogP contribution in [0.3, 0.4) is 0 Å². The first-order valence-corrected chi connectivity index (χ1v) is 8.88. The van der Waals surface area contributed by atoms with Crippen molar-refractivity contribution in [1.29, 1.82) is 0 Å². The highest BCUT2D eigenvalue weighted by Crippen LogP contribution is 2.28. The minimum Gasteiger partial charge on any atom is -0.450 e. The maximum Gasteiger partial charge on any atom is 0.375 e. The number of aryl methyl sites for hydroxylation is 2. The van der Waals surface area contributed by atoms with E-state index < -0.39 is 11.9 Å². The van der Waals surface area contributed by atoms with E-state index in [1.54, 1.807) is 13.0 Å². The van der Waals surface area contributed by atoms with E-state index in [1.165, 1.54) is 0 Å². The van der Waals surface area contributed by atoms with Crippen LogP contribution in [-0.4, -0.2) is 18.5 Å². The third kappa shape index (κ3) is 3.65. The molecule has 0 radical (unpaired) electrons. The smallest absolute Gasteiger partial charge is 0.375 e. The summed E-state index contributed by atoms with van der Waals surface area (Å²) in [4.78, 5) is 24.4. The van der Waals surface area contributed by atoms with Crippen LogP contribution in [0.5, 0.6) is 0 Å². The number of nitrogens with one attached hydrogen (secondary N) is 1. The van der Waals surface area contributed by atoms with Crippen molar-refractivity contribution in [1.82, 2.24) is 0 Å². The fourth-order valence-corrected chi connectivity index (χ4v) is 3.02. The van der Waals surface area contributed by atoms with Crippen LogP contribution in [0.25, 0.3) is 11.0 Å². The minimum absolute atomic E-state index is 0.109. The molecular formula is C20H18BrNO4. The van der Waals surface area contributed by atoms with Gasteiger partial charge in [-0.25, -0.2) is 4.79 Å². The van der Waals surface area contributed by atoms with Crippen LogP contribution in [0.1, 0.15) is 27.2 Å². The minimum atomic E-state index is -0.661. The molecular weight excluding hydrogens is 398 g/mol. The van der Waals surface area contributed by atoms with Crippen LogP contribution in [0.15, 0.2) is 45.3 Å². The maximum absolute atomic E-state index is 12.3. The second kappa shape index (κ2) is 7.33. The fourth-order valence-electron chi connectivity index (χ4n) is 2.66. The van der Waals surface area contributed by atoms with E-state index in [-0.39, 0.29) is 12.4 Å². The Bertz CT molecular complexity index is 1010. The molecule has 1 amide bonds. The first-order chi connectivity index (χ1) is 12.4. The molecule has 0 atom stereocenters. The van der Waals surface area contributed by atoms with E-state index in [9.17, 15) is 9.59 Å². The molecule has 3 rings (SSSR count). The van der Waals surface area contributed by atoms with E-state index in [2.05, 4.69) is 21.2 Å². The number of halogens is 1. The number of furan rings is 1. The highest BCUT2D eigenvalue weighted by atomic mass is 79.9. The van der Waals surface area contributed by atoms with Gasteiger partial charge in [0.1, 0.15) is 5.58 Å². The summed E-state index contributed by atoms with van der Waals surface area (Å²) in [7, 11) is 0. The van der Waals surface area contributed by atoms with Crippen molar-refractivity contribution in [3.05, 3.63) is 63.3 Å². The average Bonchev–Trinajstić information content (AvgIpc) is 2.93. The number of anilines is 1. The summed E-state index contributed by atoms with van der Waals surface area (Å²) in [5.41, 5.74) is 4.03. The summed E-state index contributed by atoms with van der Waals surface area (Å²) in [6.45, 7) is 5.29. The second-order valence-electron chi connectivity index (χ2n) is 6.07. The zero-order valence-corrected chi connectivity index (χ0v) is 16.3. The van der Waals surface area contributed by atoms with Gasteiger partial charge in [0.25, 0.3) is 5.91 Å². The standard InChI is InChI=1S/C20H18BrNO4/c1-11-5-4-6-16(12(11)2)22-18(23)10-25-20(24)19-13(3)15-9-14(21)7-8-17(15)26-19/h4-9H,10H2,1-3H3,(H,22,23). The van der Waals surface area contributed by atoms with E-state index in [4.69, 9.17) is 9.15 Å². The van der Waals surface area contributed by atoms with Gasteiger partial charge in [-0.15, -0.1) is 0 Å². The number of ether oxygens (including phenoxy) is 1. The van der Waals surface area contributed by atoms with Crippen LogP contribution in [0, 0.1) is 20.8 Å². The maximum atomic E-state index is 12.3. The third-order valence-electron chi connectivity index (χ3n) is 4.30. The van der Waals surface area contributed by atoms with Crippen molar-refractivity contribution < 1.29 is 18.7 Å². The number of fused-ring (bicyclic) bond motifs is 1. The molecule has 2 aromatic carbocycles. The molecule has 0 saturated heterocycles. The quantitative estimate of drug-likeness (QED) is 0.614. The molecule has 0 spiro atoms. The molecule has 0 saturated carbocycles. The number of esters is 1. The molecule has 0 bridgehead atoms. The molecule has 1 aromatic heterocycles. The molecule has 0 fully saturated rings. The predicted molar refractivity (Wildman–Crippen MR) is 103 cm³/mol. The molecule has 1 heterocycles. The Kier molecular flexibility index (Phi) is 5.13. The Morgan fingerprint density at radius 1 is 1.12 bits per heavy atom. The molecule has 26 heavy (non-hydrogen) atoms. The lowest BCUT2D eigenvalue weighted by molar-refractivity contribution is -0.119. The number of amides is 1. The Balaban J connectivity index is 1.68. The van der Waals surface area contributed by atoms with Crippen molar-refractivity contribution in [2.45, 2.75) is 20.8 Å². The Morgan fingerprint density at radius 2 is 1.88 bits per heavy atom. The van der Waals surface area contributed by atoms with Crippen molar-refractivity contribution in [2.75, 3.05) is 11.9 Å². The monoisotopic (exact) mass is 415 g/mol. The van der Waals surface area contributed by atoms with Crippen LogP contribution in [0.2, 0.25) is 0 Å². The van der Waals surface area contributed by atoms with Gasteiger partial charge in [0.15, 0.2) is 6.61 Å². The number of carbonyl (C=O) groups excluding carboxylic acids is 2. The van der Waals surface area contributed by atoms with E-state index in [0.717, 1.165) is 21.0 Å². The summed E-state index contributed by atoms with van der Waals surface area (Å²) >= 11 is 3.39. The molecule has 3 aromatic rings. The van der Waals surface area contributed by atoms with Gasteiger partial charge in [0, 0.05) is 21.1 Å². The van der Waals surface area contributed by atoms with Crippen LogP contribution in [-0.2, 0) is 9.53 Å². The van der Waals surface area contributed by atoms with Crippen molar-refractivity contribution in [3.8, 4) is 0 Å². The zero-order chi connectivity index (χ0) is 18.8. The van der Waals surface area contributed by atoms with Gasteiger partial charge < -0.3 is 14.5 Å². The Labute approximate surface area is 159 Å². The topological polar surface area (TPSA) is 68.5 Å². The molecule has 1 N–H and O–H groups in total. The van der Waals surface area contributed by atoms with Crippen molar-refractivity contribution in [2.24, 2.45) is 0 Å². The molecule has 0 unspecified atom stereocenters. The Hall–Kier alpha value is -2.60. The molecule has 134 valence electrons. The SMILES string of the molecule is Cc1cccc(NC(=O)COC(=O)c2oc3ccc(Br)cc3c2C)c1C. The summed E-state index contributed by atoms with van der Waals surface area (Å²) in [6.07, 6.45) is 0. The number of hydrogen-bond acceptors (Lipinski definition) is 4. The lowest BCUT2D eigenvalue weighted by Gasteiger charge is -2.10. The van der Waals surface area contributed by atoms with Gasteiger partial charge >= 0.3 is 5.97 Å². The Morgan fingerprint density at radius 3 is 2.65 bits per heavy atom. The fraction of sp³-hybridized carbons (Fsp3) is 0.200. The van der Waals surface area contributed by atoms with Gasteiger partial charge in [-0.2, -0.15) is 0 Å². The molecule has 0 aliphatic rings. The van der Waals surface area contributed by atoms with Crippen LogP contribution >= 0.6 is 15.9 Å². The summed E-state index contributed by atoms with van der Waals surface area (Å²) in [5, 5.41) is 3.58.